The van der Waals surface area contributed by atoms with Crippen molar-refractivity contribution < 1.29 is 0 Å². The Kier molecular flexibility index (Phi) is 9.98. The number of hydrogen-bond donors (Lipinski definition) is 0. The van der Waals surface area contributed by atoms with Crippen molar-refractivity contribution >= 4 is 16.6 Å². The van der Waals surface area contributed by atoms with Crippen molar-refractivity contribution in [2.24, 2.45) is 0 Å². The van der Waals surface area contributed by atoms with Crippen LogP contribution < -0.4 is 4.90 Å². The van der Waals surface area contributed by atoms with E-state index in [1.54, 1.807) is 0 Å². The highest BCUT2D eigenvalue weighted by Gasteiger charge is 2.15. The van der Waals surface area contributed by atoms with E-state index in [-0.39, 0.29) is 0 Å². The van der Waals surface area contributed by atoms with Crippen molar-refractivity contribution in [1.29, 1.82) is 0 Å². The summed E-state index contributed by atoms with van der Waals surface area (Å²) in [5.41, 5.74) is 7.26. The number of hydrogen-bond acceptors (Lipinski definition) is 2. The molecule has 0 bridgehead atoms. The highest BCUT2D eigenvalue weighted by molar-refractivity contribution is 5.80. The zero-order valence-electron chi connectivity index (χ0n) is 22.5. The second-order valence-corrected chi connectivity index (χ2v) is 9.27. The van der Waals surface area contributed by atoms with E-state index in [1.807, 2.05) is 13.8 Å². The SMILES string of the molecule is CC.CC(C)n1ccc2ccccc21.CCN1CCc2ccccc21.CN1Cc2ccccc2C1. The lowest BCUT2D eigenvalue weighted by Crippen LogP contribution is -2.18. The minimum atomic E-state index is 0.546. The Bertz CT molecular complexity index is 1150. The molecule has 0 saturated carbocycles. The number of likely N-dealkylation sites (N-methyl/N-ethyl adjacent to an activating group) is 1. The van der Waals surface area contributed by atoms with Crippen LogP contribution in [0.1, 0.15) is 57.4 Å². The van der Waals surface area contributed by atoms with Crippen LogP contribution in [0.4, 0.5) is 5.69 Å². The summed E-state index contributed by atoms with van der Waals surface area (Å²) in [6.07, 6.45) is 3.37. The Morgan fingerprint density at radius 2 is 1.31 bits per heavy atom. The fraction of sp³-hybridized carbons (Fsp3) is 0.375. The quantitative estimate of drug-likeness (QED) is 0.295. The van der Waals surface area contributed by atoms with Gasteiger partial charge in [0, 0.05) is 49.6 Å². The molecule has 0 radical (unpaired) electrons. The van der Waals surface area contributed by atoms with Crippen LogP contribution in [0.5, 0.6) is 0 Å². The molecule has 0 spiro atoms. The van der Waals surface area contributed by atoms with Crippen molar-refractivity contribution in [3.8, 4) is 0 Å². The molecular formula is C32H43N3. The molecule has 0 aliphatic carbocycles. The Morgan fingerprint density at radius 1 is 0.743 bits per heavy atom. The number of benzene rings is 3. The van der Waals surface area contributed by atoms with Crippen LogP contribution in [-0.2, 0) is 19.5 Å². The molecular weight excluding hydrogens is 426 g/mol. The molecule has 0 saturated heterocycles. The normalized spacial score (nSPS) is 13.7. The number of fused-ring (bicyclic) bond motifs is 3. The number of aromatic nitrogens is 1. The molecule has 3 nitrogen and oxygen atoms in total. The smallest absolute Gasteiger partial charge is 0.0482 e. The Hall–Kier alpha value is -3.04. The van der Waals surface area contributed by atoms with Crippen LogP contribution in [0.25, 0.3) is 10.9 Å². The Morgan fingerprint density at radius 3 is 1.94 bits per heavy atom. The van der Waals surface area contributed by atoms with Crippen LogP contribution in [0.2, 0.25) is 0 Å². The van der Waals surface area contributed by atoms with Crippen LogP contribution in [0.3, 0.4) is 0 Å². The van der Waals surface area contributed by atoms with E-state index in [9.17, 15) is 0 Å². The summed E-state index contributed by atoms with van der Waals surface area (Å²) in [6.45, 7) is 15.2. The first kappa shape index (κ1) is 26.6. The molecule has 3 heterocycles. The minimum Gasteiger partial charge on any atom is -0.371 e. The molecule has 0 fully saturated rings. The molecule has 1 aromatic heterocycles. The summed E-state index contributed by atoms with van der Waals surface area (Å²) in [7, 11) is 2.15. The first-order valence-corrected chi connectivity index (χ1v) is 13.2. The van der Waals surface area contributed by atoms with Gasteiger partial charge in [0.2, 0.25) is 0 Å². The third-order valence-corrected chi connectivity index (χ3v) is 6.55. The predicted molar refractivity (Wildman–Crippen MR) is 153 cm³/mol. The first-order valence-electron chi connectivity index (χ1n) is 13.2. The lowest BCUT2D eigenvalue weighted by molar-refractivity contribution is 0.353. The maximum absolute atomic E-state index is 2.43. The summed E-state index contributed by atoms with van der Waals surface area (Å²) >= 11 is 0. The Labute approximate surface area is 213 Å². The molecule has 2 aliphatic rings. The molecule has 0 unspecified atom stereocenters. The van der Waals surface area contributed by atoms with Crippen molar-refractivity contribution in [2.45, 2.75) is 60.2 Å². The third-order valence-electron chi connectivity index (χ3n) is 6.55. The maximum atomic E-state index is 2.43. The van der Waals surface area contributed by atoms with E-state index in [4.69, 9.17) is 0 Å². The van der Waals surface area contributed by atoms with Gasteiger partial charge in [0.25, 0.3) is 0 Å². The zero-order chi connectivity index (χ0) is 25.2. The van der Waals surface area contributed by atoms with Crippen molar-refractivity contribution in [1.82, 2.24) is 9.47 Å². The molecule has 0 atom stereocenters. The van der Waals surface area contributed by atoms with Crippen molar-refractivity contribution in [2.75, 3.05) is 25.0 Å². The average Bonchev–Trinajstić information content (AvgIpc) is 3.61. The van der Waals surface area contributed by atoms with Gasteiger partial charge < -0.3 is 9.47 Å². The number of anilines is 1. The maximum Gasteiger partial charge on any atom is 0.0482 e. The molecule has 3 heteroatoms. The monoisotopic (exact) mass is 469 g/mol. The predicted octanol–water partition coefficient (Wildman–Crippen LogP) is 7.95. The summed E-state index contributed by atoms with van der Waals surface area (Å²) in [6, 6.07) is 28.5. The highest BCUT2D eigenvalue weighted by Crippen LogP contribution is 2.26. The largest absolute Gasteiger partial charge is 0.371 e. The van der Waals surface area contributed by atoms with Crippen LogP contribution in [0.15, 0.2) is 85.1 Å². The van der Waals surface area contributed by atoms with Crippen LogP contribution in [-0.4, -0.2) is 29.6 Å². The molecule has 35 heavy (non-hydrogen) atoms. The van der Waals surface area contributed by atoms with Crippen LogP contribution >= 0.6 is 0 Å². The molecule has 4 aromatic rings. The lowest BCUT2D eigenvalue weighted by Gasteiger charge is -2.15. The van der Waals surface area contributed by atoms with Gasteiger partial charge in [0.15, 0.2) is 0 Å². The van der Waals surface area contributed by atoms with Gasteiger partial charge >= 0.3 is 0 Å². The summed E-state index contributed by atoms with van der Waals surface area (Å²) < 4.78 is 2.29. The zero-order valence-corrected chi connectivity index (χ0v) is 22.5. The molecule has 3 aromatic carbocycles. The number of rotatable bonds is 2. The van der Waals surface area contributed by atoms with Crippen molar-refractivity contribution in [3.05, 3.63) is 102 Å². The Balaban J connectivity index is 0.000000142. The van der Waals surface area contributed by atoms with Gasteiger partial charge in [-0.05, 0) is 74.5 Å². The molecule has 0 amide bonds. The van der Waals surface area contributed by atoms with E-state index < -0.39 is 0 Å². The summed E-state index contributed by atoms with van der Waals surface area (Å²) in [4.78, 5) is 4.75. The molecule has 0 N–H and O–H groups in total. The van der Waals surface area contributed by atoms with E-state index in [0.29, 0.717) is 6.04 Å². The molecule has 2 aliphatic heterocycles. The van der Waals surface area contributed by atoms with Gasteiger partial charge in [-0.15, -0.1) is 0 Å². The van der Waals surface area contributed by atoms with Gasteiger partial charge in [-0.2, -0.15) is 0 Å². The minimum absolute atomic E-state index is 0.546. The highest BCUT2D eigenvalue weighted by atomic mass is 15.1. The van der Waals surface area contributed by atoms with Crippen LogP contribution in [0, 0.1) is 0 Å². The fourth-order valence-electron chi connectivity index (χ4n) is 4.79. The lowest BCUT2D eigenvalue weighted by atomic mass is 10.1. The van der Waals surface area contributed by atoms with E-state index in [0.717, 1.165) is 19.6 Å². The van der Waals surface area contributed by atoms with Crippen molar-refractivity contribution in [3.63, 3.8) is 0 Å². The van der Waals surface area contributed by atoms with E-state index >= 15 is 0 Å². The second kappa shape index (κ2) is 13.2. The summed E-state index contributed by atoms with van der Waals surface area (Å²) in [5, 5.41) is 1.33. The number of nitrogens with zero attached hydrogens (tertiary/aromatic N) is 3. The van der Waals surface area contributed by atoms with Gasteiger partial charge in [-0.1, -0.05) is 74.5 Å². The van der Waals surface area contributed by atoms with Gasteiger partial charge in [-0.25, -0.2) is 0 Å². The number of para-hydroxylation sites is 2. The molecule has 6 rings (SSSR count). The molecule has 186 valence electrons. The topological polar surface area (TPSA) is 11.4 Å². The standard InChI is InChI=1S/C11H13N.C10H13N.C9H11N.C2H6/c1-9(2)12-8-7-10-5-3-4-6-11(10)12;1-2-11-8-7-9-5-3-4-6-10(9)11;1-10-6-8-4-2-3-5-9(8)7-10;1-2/h3-9H,1-2H3;3-6H,2,7-8H2,1H3;2-5H,6-7H2,1H3;1-2H3. The van der Waals surface area contributed by atoms with Gasteiger partial charge in [0.05, 0.1) is 0 Å². The summed E-state index contributed by atoms with van der Waals surface area (Å²) in [5.74, 6) is 0. The fourth-order valence-corrected chi connectivity index (χ4v) is 4.79. The average molecular weight is 470 g/mol. The van der Waals surface area contributed by atoms with Gasteiger partial charge in [0.1, 0.15) is 0 Å². The van der Waals surface area contributed by atoms with Gasteiger partial charge in [-0.3, -0.25) is 4.90 Å². The van der Waals surface area contributed by atoms with E-state index in [1.165, 1.54) is 46.2 Å². The third kappa shape index (κ3) is 6.76. The van der Waals surface area contributed by atoms with E-state index in [2.05, 4.69) is 127 Å². The second-order valence-electron chi connectivity index (χ2n) is 9.27. The first-order chi connectivity index (χ1) is 17.1.